The van der Waals surface area contributed by atoms with Gasteiger partial charge in [0.15, 0.2) is 0 Å². The van der Waals surface area contributed by atoms with Crippen molar-refractivity contribution in [2.24, 2.45) is 5.92 Å². The van der Waals surface area contributed by atoms with E-state index >= 15 is 0 Å². The maximum atomic E-state index is 5.81. The molecule has 4 nitrogen and oxygen atoms in total. The molecule has 106 valence electrons. The quantitative estimate of drug-likeness (QED) is 0.894. The number of hydrogen-bond acceptors (Lipinski definition) is 4. The predicted molar refractivity (Wildman–Crippen MR) is 83.6 cm³/mol. The summed E-state index contributed by atoms with van der Waals surface area (Å²) in [5.41, 5.74) is 6.72. The summed E-state index contributed by atoms with van der Waals surface area (Å²) in [6.07, 6.45) is 6.36. The van der Waals surface area contributed by atoms with E-state index in [2.05, 4.69) is 28.3 Å². The molecule has 0 bridgehead atoms. The molecule has 2 aromatic rings. The van der Waals surface area contributed by atoms with Gasteiger partial charge in [-0.2, -0.15) is 4.98 Å². The minimum absolute atomic E-state index is 0.341. The number of nitrogens with zero attached hydrogens (tertiary/aromatic N) is 2. The van der Waals surface area contributed by atoms with Gasteiger partial charge in [0.2, 0.25) is 5.95 Å². The van der Waals surface area contributed by atoms with Crippen LogP contribution in [0.2, 0.25) is 0 Å². The van der Waals surface area contributed by atoms with Gasteiger partial charge in [-0.1, -0.05) is 25.5 Å². The number of aromatic nitrogens is 2. The van der Waals surface area contributed by atoms with Gasteiger partial charge in [-0.05, 0) is 43.7 Å². The Bertz CT molecular complexity index is 588. The van der Waals surface area contributed by atoms with Crippen LogP contribution in [0.25, 0.3) is 10.9 Å². The van der Waals surface area contributed by atoms with E-state index in [0.717, 1.165) is 22.6 Å². The minimum atomic E-state index is 0.341. The molecule has 1 aliphatic rings. The zero-order chi connectivity index (χ0) is 13.9. The lowest BCUT2D eigenvalue weighted by Gasteiger charge is -2.29. The zero-order valence-electron chi connectivity index (χ0n) is 12.0. The third-order valence-corrected chi connectivity index (χ3v) is 4.39. The van der Waals surface area contributed by atoms with E-state index in [0.29, 0.717) is 12.0 Å². The molecule has 1 heterocycles. The Morgan fingerprint density at radius 2 is 1.90 bits per heavy atom. The molecule has 1 aromatic carbocycles. The molecule has 1 fully saturated rings. The van der Waals surface area contributed by atoms with Crippen LogP contribution in [0.3, 0.4) is 0 Å². The topological polar surface area (TPSA) is 63.8 Å². The summed E-state index contributed by atoms with van der Waals surface area (Å²) in [5.74, 6) is 2.13. The number of fused-ring (bicyclic) bond motifs is 1. The summed E-state index contributed by atoms with van der Waals surface area (Å²) >= 11 is 0. The van der Waals surface area contributed by atoms with Gasteiger partial charge in [0.05, 0.1) is 5.52 Å². The van der Waals surface area contributed by atoms with Gasteiger partial charge in [-0.3, -0.25) is 0 Å². The molecule has 3 N–H and O–H groups in total. The molecule has 4 heteroatoms. The van der Waals surface area contributed by atoms with E-state index in [1.807, 2.05) is 18.2 Å². The van der Waals surface area contributed by atoms with Crippen molar-refractivity contribution in [3.63, 3.8) is 0 Å². The minimum Gasteiger partial charge on any atom is -0.368 e. The van der Waals surface area contributed by atoms with Crippen LogP contribution in [0.15, 0.2) is 24.3 Å². The Morgan fingerprint density at radius 3 is 2.65 bits per heavy atom. The third kappa shape index (κ3) is 2.69. The van der Waals surface area contributed by atoms with Crippen molar-refractivity contribution in [2.45, 2.75) is 45.1 Å². The van der Waals surface area contributed by atoms with E-state index in [1.54, 1.807) is 0 Å². The lowest BCUT2D eigenvalue weighted by Crippen LogP contribution is -2.26. The maximum Gasteiger partial charge on any atom is 0.222 e. The van der Waals surface area contributed by atoms with Crippen molar-refractivity contribution >= 4 is 22.7 Å². The van der Waals surface area contributed by atoms with E-state index < -0.39 is 0 Å². The first-order valence-electron chi connectivity index (χ1n) is 7.55. The second-order valence-electron chi connectivity index (χ2n) is 5.72. The molecule has 1 aliphatic carbocycles. The molecular weight excluding hydrogens is 248 g/mol. The molecule has 0 atom stereocenters. The number of anilines is 2. The Labute approximate surface area is 119 Å². The summed E-state index contributed by atoms with van der Waals surface area (Å²) < 4.78 is 0. The number of benzene rings is 1. The summed E-state index contributed by atoms with van der Waals surface area (Å²) in [5, 5.41) is 4.63. The van der Waals surface area contributed by atoms with Crippen LogP contribution in [0, 0.1) is 5.92 Å². The fraction of sp³-hybridized carbons (Fsp3) is 0.500. The Morgan fingerprint density at radius 1 is 1.15 bits per heavy atom. The van der Waals surface area contributed by atoms with Crippen molar-refractivity contribution < 1.29 is 0 Å². The van der Waals surface area contributed by atoms with Crippen molar-refractivity contribution in [2.75, 3.05) is 11.1 Å². The van der Waals surface area contributed by atoms with Crippen LogP contribution >= 0.6 is 0 Å². The fourth-order valence-electron chi connectivity index (χ4n) is 3.11. The monoisotopic (exact) mass is 270 g/mol. The highest BCUT2D eigenvalue weighted by Crippen LogP contribution is 2.30. The number of nitrogens with two attached hydrogens (primary N) is 1. The van der Waals surface area contributed by atoms with Crippen LogP contribution in [-0.4, -0.2) is 16.0 Å². The number of rotatable bonds is 3. The molecule has 0 amide bonds. The Hall–Kier alpha value is -1.84. The molecule has 3 rings (SSSR count). The highest BCUT2D eigenvalue weighted by atomic mass is 15.1. The van der Waals surface area contributed by atoms with Gasteiger partial charge < -0.3 is 11.1 Å². The Kier molecular flexibility index (Phi) is 3.72. The molecule has 0 unspecified atom stereocenters. The lowest BCUT2D eigenvalue weighted by molar-refractivity contribution is 0.330. The van der Waals surface area contributed by atoms with Gasteiger partial charge in [-0.15, -0.1) is 0 Å². The fourth-order valence-corrected chi connectivity index (χ4v) is 3.11. The number of para-hydroxylation sites is 1. The molecule has 1 saturated carbocycles. The first-order chi connectivity index (χ1) is 9.76. The van der Waals surface area contributed by atoms with Crippen LogP contribution in [0.5, 0.6) is 0 Å². The molecule has 0 saturated heterocycles. The average Bonchev–Trinajstić information content (AvgIpc) is 2.48. The third-order valence-electron chi connectivity index (χ3n) is 4.39. The van der Waals surface area contributed by atoms with Crippen LogP contribution in [0.1, 0.15) is 39.0 Å². The van der Waals surface area contributed by atoms with Gasteiger partial charge in [0.1, 0.15) is 5.82 Å². The summed E-state index contributed by atoms with van der Waals surface area (Å²) in [6, 6.07) is 8.53. The van der Waals surface area contributed by atoms with E-state index in [4.69, 9.17) is 5.73 Å². The standard InChI is InChI=1S/C16H22N4/c1-2-11-7-9-12(10-8-11)18-15-13-5-3-4-6-14(13)19-16(17)20-15/h3-6,11-12H,2,7-10H2,1H3,(H3,17,18,19,20). The second kappa shape index (κ2) is 5.65. The average molecular weight is 270 g/mol. The van der Waals surface area contributed by atoms with Crippen molar-refractivity contribution in [1.29, 1.82) is 0 Å². The second-order valence-corrected chi connectivity index (χ2v) is 5.72. The smallest absolute Gasteiger partial charge is 0.222 e. The van der Waals surface area contributed by atoms with Gasteiger partial charge in [0, 0.05) is 11.4 Å². The van der Waals surface area contributed by atoms with E-state index in [-0.39, 0.29) is 0 Å². The van der Waals surface area contributed by atoms with Crippen LogP contribution in [-0.2, 0) is 0 Å². The van der Waals surface area contributed by atoms with Crippen LogP contribution < -0.4 is 11.1 Å². The molecule has 0 spiro atoms. The van der Waals surface area contributed by atoms with Crippen molar-refractivity contribution in [3.8, 4) is 0 Å². The van der Waals surface area contributed by atoms with Gasteiger partial charge in [-0.25, -0.2) is 4.98 Å². The molecule has 0 radical (unpaired) electrons. The van der Waals surface area contributed by atoms with Crippen molar-refractivity contribution in [3.05, 3.63) is 24.3 Å². The molecule has 0 aliphatic heterocycles. The van der Waals surface area contributed by atoms with Gasteiger partial charge in [0.25, 0.3) is 0 Å². The lowest BCUT2D eigenvalue weighted by atomic mass is 9.84. The normalized spacial score (nSPS) is 22.9. The first-order valence-corrected chi connectivity index (χ1v) is 7.55. The zero-order valence-corrected chi connectivity index (χ0v) is 12.0. The largest absolute Gasteiger partial charge is 0.368 e. The summed E-state index contributed by atoms with van der Waals surface area (Å²) in [7, 11) is 0. The molecule has 20 heavy (non-hydrogen) atoms. The summed E-state index contributed by atoms with van der Waals surface area (Å²) in [6.45, 7) is 2.29. The van der Waals surface area contributed by atoms with Crippen molar-refractivity contribution in [1.82, 2.24) is 9.97 Å². The predicted octanol–water partition coefficient (Wildman–Crippen LogP) is 3.59. The molecular formula is C16H22N4. The van der Waals surface area contributed by atoms with E-state index in [9.17, 15) is 0 Å². The number of nitrogen functional groups attached to an aromatic ring is 1. The maximum absolute atomic E-state index is 5.81. The SMILES string of the molecule is CCC1CCC(Nc2nc(N)nc3ccccc23)CC1. The molecule has 1 aromatic heterocycles. The highest BCUT2D eigenvalue weighted by Gasteiger charge is 2.20. The number of hydrogen-bond donors (Lipinski definition) is 2. The summed E-state index contributed by atoms with van der Waals surface area (Å²) in [4.78, 5) is 8.67. The van der Waals surface area contributed by atoms with Crippen LogP contribution in [0.4, 0.5) is 11.8 Å². The first kappa shape index (κ1) is 13.2. The highest BCUT2D eigenvalue weighted by molar-refractivity contribution is 5.89. The van der Waals surface area contributed by atoms with E-state index in [1.165, 1.54) is 32.1 Å². The van der Waals surface area contributed by atoms with Gasteiger partial charge >= 0.3 is 0 Å². The Balaban J connectivity index is 1.81. The number of nitrogens with one attached hydrogen (secondary N) is 1.